The highest BCUT2D eigenvalue weighted by Gasteiger charge is 2.30. The van der Waals surface area contributed by atoms with E-state index >= 15 is 0 Å². The minimum atomic E-state index is -3.56. The van der Waals surface area contributed by atoms with Gasteiger partial charge in [-0.25, -0.2) is 8.42 Å². The van der Waals surface area contributed by atoms with Gasteiger partial charge in [0, 0.05) is 25.2 Å². The number of sulfonamides is 1. The van der Waals surface area contributed by atoms with Crippen LogP contribution in [0.3, 0.4) is 0 Å². The predicted octanol–water partition coefficient (Wildman–Crippen LogP) is 2.14. The van der Waals surface area contributed by atoms with Crippen LogP contribution in [0.1, 0.15) is 12.8 Å². The first kappa shape index (κ1) is 18.5. The van der Waals surface area contributed by atoms with E-state index in [1.54, 1.807) is 12.1 Å². The minimum absolute atomic E-state index is 0. The number of ether oxygens (including phenoxy) is 1. The van der Waals surface area contributed by atoms with Crippen LogP contribution in [-0.2, 0) is 10.0 Å². The summed E-state index contributed by atoms with van der Waals surface area (Å²) < 4.78 is 31.8. The third kappa shape index (κ3) is 4.02. The lowest BCUT2D eigenvalue weighted by molar-refractivity contribution is 0.298. The number of nitrogens with zero attached hydrogens (tertiary/aromatic N) is 1. The Kier molecular flexibility index (Phi) is 6.74. The third-order valence-electron chi connectivity index (χ3n) is 3.62. The van der Waals surface area contributed by atoms with Crippen LogP contribution in [0.15, 0.2) is 23.1 Å². The Morgan fingerprint density at radius 2 is 1.95 bits per heavy atom. The average molecular weight is 355 g/mol. The molecule has 21 heavy (non-hydrogen) atoms. The van der Waals surface area contributed by atoms with E-state index in [0.29, 0.717) is 24.9 Å². The molecule has 0 radical (unpaired) electrons. The monoisotopic (exact) mass is 354 g/mol. The molecule has 8 heteroatoms. The fourth-order valence-electron chi connectivity index (χ4n) is 2.33. The van der Waals surface area contributed by atoms with E-state index in [4.69, 9.17) is 16.3 Å². The highest BCUT2D eigenvalue weighted by molar-refractivity contribution is 7.89. The number of piperidine rings is 1. The van der Waals surface area contributed by atoms with Gasteiger partial charge in [-0.1, -0.05) is 11.6 Å². The van der Waals surface area contributed by atoms with Crippen LogP contribution in [0, 0.1) is 0 Å². The maximum atomic E-state index is 12.6. The molecule has 2 rings (SSSR count). The summed E-state index contributed by atoms with van der Waals surface area (Å²) in [5.41, 5.74) is 0. The van der Waals surface area contributed by atoms with Crippen molar-refractivity contribution >= 4 is 34.0 Å². The Morgan fingerprint density at radius 3 is 2.48 bits per heavy atom. The Bertz CT molecular complexity index is 573. The van der Waals surface area contributed by atoms with Crippen LogP contribution in [0.25, 0.3) is 0 Å². The summed E-state index contributed by atoms with van der Waals surface area (Å²) in [6.45, 7) is 1.00. The zero-order valence-electron chi connectivity index (χ0n) is 12.0. The molecule has 1 aromatic rings. The Balaban J connectivity index is 0.00000220. The second-order valence-corrected chi connectivity index (χ2v) is 7.08. The lowest BCUT2D eigenvalue weighted by Gasteiger charge is -2.31. The van der Waals surface area contributed by atoms with Crippen molar-refractivity contribution in [3.63, 3.8) is 0 Å². The molecule has 1 heterocycles. The molecule has 0 unspecified atom stereocenters. The molecule has 1 fully saturated rings. The molecular weight excluding hydrogens is 335 g/mol. The molecule has 0 aliphatic carbocycles. The van der Waals surface area contributed by atoms with Crippen LogP contribution >= 0.6 is 24.0 Å². The number of halogens is 2. The quantitative estimate of drug-likeness (QED) is 0.899. The number of nitrogens with one attached hydrogen (secondary N) is 1. The largest absolute Gasteiger partial charge is 0.497 e. The van der Waals surface area contributed by atoms with Crippen molar-refractivity contribution in [1.29, 1.82) is 0 Å². The van der Waals surface area contributed by atoms with Gasteiger partial charge in [-0.3, -0.25) is 0 Å². The number of methoxy groups -OCH3 is 1. The minimum Gasteiger partial charge on any atom is -0.497 e. The molecule has 0 amide bonds. The van der Waals surface area contributed by atoms with Gasteiger partial charge in [0.2, 0.25) is 10.0 Å². The molecule has 1 aromatic carbocycles. The topological polar surface area (TPSA) is 58.6 Å². The van der Waals surface area contributed by atoms with Crippen molar-refractivity contribution < 1.29 is 13.2 Å². The van der Waals surface area contributed by atoms with Crippen molar-refractivity contribution in [3.05, 3.63) is 23.2 Å². The second-order valence-electron chi connectivity index (χ2n) is 4.76. The lowest BCUT2D eigenvalue weighted by atomic mass is 10.1. The zero-order chi connectivity index (χ0) is 14.8. The van der Waals surface area contributed by atoms with Crippen molar-refractivity contribution in [2.24, 2.45) is 0 Å². The van der Waals surface area contributed by atoms with Gasteiger partial charge in [-0.15, -0.1) is 12.4 Å². The maximum Gasteiger partial charge on any atom is 0.244 e. The number of hydrogen-bond donors (Lipinski definition) is 1. The van der Waals surface area contributed by atoms with Crippen molar-refractivity contribution in [3.8, 4) is 5.75 Å². The summed E-state index contributed by atoms with van der Waals surface area (Å²) in [5, 5.41) is 3.40. The molecule has 0 saturated carbocycles. The van der Waals surface area contributed by atoms with Crippen molar-refractivity contribution in [2.75, 3.05) is 27.2 Å². The third-order valence-corrected chi connectivity index (χ3v) is 6.00. The molecule has 0 atom stereocenters. The normalized spacial score (nSPS) is 17.3. The zero-order valence-corrected chi connectivity index (χ0v) is 14.4. The average Bonchev–Trinajstić information content (AvgIpc) is 2.47. The molecule has 1 N–H and O–H groups in total. The first-order valence-electron chi connectivity index (χ1n) is 6.50. The Morgan fingerprint density at radius 1 is 1.33 bits per heavy atom. The van der Waals surface area contributed by atoms with Gasteiger partial charge in [-0.2, -0.15) is 4.31 Å². The first-order chi connectivity index (χ1) is 9.48. The van der Waals surface area contributed by atoms with Crippen LogP contribution in [-0.4, -0.2) is 46.0 Å². The molecule has 0 bridgehead atoms. The maximum absolute atomic E-state index is 12.6. The van der Waals surface area contributed by atoms with E-state index < -0.39 is 10.0 Å². The molecule has 1 saturated heterocycles. The molecule has 1 aliphatic heterocycles. The van der Waals surface area contributed by atoms with Gasteiger partial charge in [-0.05, 0) is 32.0 Å². The highest BCUT2D eigenvalue weighted by Crippen LogP contribution is 2.30. The summed E-state index contributed by atoms with van der Waals surface area (Å²) in [6, 6.07) is 5.05. The summed E-state index contributed by atoms with van der Waals surface area (Å²) in [6.07, 6.45) is 1.61. The first-order valence-corrected chi connectivity index (χ1v) is 8.32. The van der Waals surface area contributed by atoms with Gasteiger partial charge in [0.25, 0.3) is 0 Å². The fourth-order valence-corrected chi connectivity index (χ4v) is 4.29. The highest BCUT2D eigenvalue weighted by atomic mass is 35.5. The summed E-state index contributed by atoms with van der Waals surface area (Å²) in [5.74, 6) is 0.484. The predicted molar refractivity (Wildman–Crippen MR) is 86.1 cm³/mol. The van der Waals surface area contributed by atoms with Gasteiger partial charge in [0.1, 0.15) is 10.6 Å². The van der Waals surface area contributed by atoms with E-state index in [9.17, 15) is 8.42 Å². The van der Waals surface area contributed by atoms with E-state index in [1.165, 1.54) is 17.5 Å². The Hall–Kier alpha value is -0.530. The van der Waals surface area contributed by atoms with Gasteiger partial charge >= 0.3 is 0 Å². The lowest BCUT2D eigenvalue weighted by Crippen LogP contribution is -2.43. The second kappa shape index (κ2) is 7.65. The van der Waals surface area contributed by atoms with Crippen LogP contribution in [0.2, 0.25) is 5.02 Å². The van der Waals surface area contributed by atoms with Gasteiger partial charge < -0.3 is 10.1 Å². The van der Waals surface area contributed by atoms with Crippen molar-refractivity contribution in [2.45, 2.75) is 23.8 Å². The van der Waals surface area contributed by atoms with E-state index in [0.717, 1.165) is 12.8 Å². The van der Waals surface area contributed by atoms with Crippen molar-refractivity contribution in [1.82, 2.24) is 9.62 Å². The van der Waals surface area contributed by atoms with E-state index in [2.05, 4.69) is 5.32 Å². The number of rotatable bonds is 4. The summed E-state index contributed by atoms with van der Waals surface area (Å²) >= 11 is 6.04. The number of hydrogen-bond acceptors (Lipinski definition) is 4. The van der Waals surface area contributed by atoms with Gasteiger partial charge in [0.05, 0.1) is 12.1 Å². The molecule has 0 spiro atoms. The molecule has 0 aromatic heterocycles. The Labute approximate surface area is 137 Å². The molecule has 1 aliphatic rings. The van der Waals surface area contributed by atoms with E-state index in [-0.39, 0.29) is 22.3 Å². The standard InChI is InChI=1S/C13H19ClN2O3S.ClH/c1-15-10-5-7-16(8-6-10)20(17,18)13-9-11(19-2)3-4-12(13)14;/h3-4,9-10,15H,5-8H2,1-2H3;1H. The molecule has 5 nitrogen and oxygen atoms in total. The molecule has 120 valence electrons. The SMILES string of the molecule is CNC1CCN(S(=O)(=O)c2cc(OC)ccc2Cl)CC1.Cl. The number of benzene rings is 1. The van der Waals surface area contributed by atoms with Gasteiger partial charge in [0.15, 0.2) is 0 Å². The fraction of sp³-hybridized carbons (Fsp3) is 0.538. The van der Waals surface area contributed by atoms with Crippen LogP contribution in [0.5, 0.6) is 5.75 Å². The van der Waals surface area contributed by atoms with E-state index in [1.807, 2.05) is 7.05 Å². The van der Waals surface area contributed by atoms with Crippen LogP contribution < -0.4 is 10.1 Å². The summed E-state index contributed by atoms with van der Waals surface area (Å²) in [4.78, 5) is 0.112. The molecular formula is C13H20Cl2N2O3S. The van der Waals surface area contributed by atoms with Crippen LogP contribution in [0.4, 0.5) is 0 Å². The summed E-state index contributed by atoms with van der Waals surface area (Å²) in [7, 11) is -0.169. The smallest absolute Gasteiger partial charge is 0.244 e.